The number of rotatable bonds is 7. The highest BCUT2D eigenvalue weighted by molar-refractivity contribution is 6.04. The number of allylic oxidation sites excluding steroid dienone is 1. The molecule has 186 valence electrons. The molecule has 3 N–H and O–H groups in total. The van der Waals surface area contributed by atoms with Crippen molar-refractivity contribution in [1.29, 1.82) is 5.26 Å². The summed E-state index contributed by atoms with van der Waals surface area (Å²) >= 11 is 0. The molecule has 1 aliphatic carbocycles. The molecule has 2 heterocycles. The monoisotopic (exact) mass is 498 g/mol. The number of aromatic nitrogens is 1. The van der Waals surface area contributed by atoms with E-state index in [2.05, 4.69) is 21.9 Å². The van der Waals surface area contributed by atoms with Crippen molar-refractivity contribution in [2.24, 2.45) is 5.92 Å². The molecule has 1 aliphatic heterocycles. The van der Waals surface area contributed by atoms with Crippen LogP contribution in [0, 0.1) is 17.2 Å². The minimum Gasteiger partial charge on any atom is -0.493 e. The molecular formula is C27H22N4O6. The normalized spacial score (nSPS) is 19.5. The summed E-state index contributed by atoms with van der Waals surface area (Å²) in [6, 6.07) is 13.7. The lowest BCUT2D eigenvalue weighted by Crippen LogP contribution is -2.27. The average molecular weight is 498 g/mol. The lowest BCUT2D eigenvalue weighted by atomic mass is 9.86. The third kappa shape index (κ3) is 4.79. The zero-order chi connectivity index (χ0) is 26.0. The molecule has 2 aromatic carbocycles. The molecule has 1 spiro atoms. The van der Waals surface area contributed by atoms with E-state index >= 15 is 0 Å². The first-order chi connectivity index (χ1) is 17.9. The quantitative estimate of drug-likeness (QED) is 0.417. The zero-order valence-electron chi connectivity index (χ0n) is 19.6. The summed E-state index contributed by atoms with van der Waals surface area (Å²) in [5.41, 5.74) is 2.30. The second-order valence-corrected chi connectivity index (χ2v) is 8.98. The van der Waals surface area contributed by atoms with Gasteiger partial charge in [0.2, 0.25) is 5.91 Å². The fraction of sp³-hybridized carbons (Fsp3) is 0.222. The van der Waals surface area contributed by atoms with Crippen molar-refractivity contribution < 1.29 is 28.8 Å². The van der Waals surface area contributed by atoms with Gasteiger partial charge in [-0.15, -0.1) is 0 Å². The molecule has 2 atom stereocenters. The number of carboxylic acids is 1. The van der Waals surface area contributed by atoms with Crippen LogP contribution in [-0.2, 0) is 21.4 Å². The number of aliphatic carboxylic acids is 1. The Morgan fingerprint density at radius 1 is 1.19 bits per heavy atom. The smallest absolute Gasteiger partial charge is 0.327 e. The SMILES string of the molecule is N#Cc1ccc(CC=CC(=O)O)c(NC(=O)[C@@H]2C[C@]23CCOc2ccc(C(=O)Nc4ccon4)cc23)c1. The van der Waals surface area contributed by atoms with Gasteiger partial charge in [0.1, 0.15) is 12.0 Å². The summed E-state index contributed by atoms with van der Waals surface area (Å²) in [5, 5.41) is 27.5. The molecular weight excluding hydrogens is 476 g/mol. The van der Waals surface area contributed by atoms with Crippen molar-refractivity contribution >= 4 is 29.3 Å². The first-order valence-electron chi connectivity index (χ1n) is 11.6. The first-order valence-corrected chi connectivity index (χ1v) is 11.6. The highest BCUT2D eigenvalue weighted by Crippen LogP contribution is 2.61. The molecule has 0 unspecified atom stereocenters. The Labute approximate surface area is 211 Å². The third-order valence-corrected chi connectivity index (χ3v) is 6.75. The highest BCUT2D eigenvalue weighted by Gasteiger charge is 2.61. The van der Waals surface area contributed by atoms with Gasteiger partial charge in [0.15, 0.2) is 5.82 Å². The number of amides is 2. The van der Waals surface area contributed by atoms with Gasteiger partial charge in [-0.1, -0.05) is 17.3 Å². The highest BCUT2D eigenvalue weighted by atomic mass is 16.5. The number of fused-ring (bicyclic) bond motifs is 2. The van der Waals surface area contributed by atoms with E-state index in [1.165, 1.54) is 18.4 Å². The number of nitriles is 1. The minimum absolute atomic E-state index is 0.205. The van der Waals surface area contributed by atoms with Crippen LogP contribution < -0.4 is 15.4 Å². The largest absolute Gasteiger partial charge is 0.493 e. The molecule has 10 nitrogen and oxygen atoms in total. The summed E-state index contributed by atoms with van der Waals surface area (Å²) in [6.45, 7) is 0.455. The molecule has 2 aliphatic rings. The van der Waals surface area contributed by atoms with Gasteiger partial charge in [-0.25, -0.2) is 4.79 Å². The van der Waals surface area contributed by atoms with E-state index in [0.29, 0.717) is 53.4 Å². The topological polar surface area (TPSA) is 155 Å². The minimum atomic E-state index is -1.06. The summed E-state index contributed by atoms with van der Waals surface area (Å²) in [6.07, 6.45) is 5.38. The Balaban J connectivity index is 1.37. The van der Waals surface area contributed by atoms with E-state index in [9.17, 15) is 19.6 Å². The van der Waals surface area contributed by atoms with E-state index in [1.807, 2.05) is 0 Å². The number of anilines is 2. The van der Waals surface area contributed by atoms with Crippen molar-refractivity contribution in [3.8, 4) is 11.8 Å². The van der Waals surface area contributed by atoms with Crippen LogP contribution in [-0.4, -0.2) is 34.7 Å². The Kier molecular flexibility index (Phi) is 6.19. The van der Waals surface area contributed by atoms with Crippen LogP contribution in [0.3, 0.4) is 0 Å². The molecule has 3 aromatic rings. The Morgan fingerprint density at radius 2 is 2.05 bits per heavy atom. The Hall–Kier alpha value is -4.91. The van der Waals surface area contributed by atoms with Crippen molar-refractivity contribution in [3.05, 3.63) is 83.1 Å². The maximum atomic E-state index is 13.4. The second-order valence-electron chi connectivity index (χ2n) is 8.98. The zero-order valence-corrected chi connectivity index (χ0v) is 19.6. The number of ether oxygens (including phenoxy) is 1. The molecule has 0 radical (unpaired) electrons. The average Bonchev–Trinajstić information content (AvgIpc) is 3.37. The predicted octanol–water partition coefficient (Wildman–Crippen LogP) is 3.66. The number of carbonyl (C=O) groups excluding carboxylic acids is 2. The lowest BCUT2D eigenvalue weighted by molar-refractivity contribution is -0.131. The number of nitrogens with zero attached hydrogens (tertiary/aromatic N) is 2. The van der Waals surface area contributed by atoms with Gasteiger partial charge in [-0.3, -0.25) is 9.59 Å². The van der Waals surface area contributed by atoms with Crippen molar-refractivity contribution in [2.75, 3.05) is 17.2 Å². The number of carboxylic acid groups (broad SMARTS) is 1. The van der Waals surface area contributed by atoms with Gasteiger partial charge in [0, 0.05) is 40.3 Å². The van der Waals surface area contributed by atoms with Crippen LogP contribution in [0.2, 0.25) is 0 Å². The first kappa shape index (κ1) is 23.8. The molecule has 0 bridgehead atoms. The summed E-state index contributed by atoms with van der Waals surface area (Å²) < 4.78 is 10.6. The molecule has 5 rings (SSSR count). The fourth-order valence-electron chi connectivity index (χ4n) is 4.80. The molecule has 2 amide bonds. The maximum absolute atomic E-state index is 13.4. The number of hydrogen-bond acceptors (Lipinski definition) is 7. The second kappa shape index (κ2) is 9.62. The van der Waals surface area contributed by atoms with Gasteiger partial charge in [-0.2, -0.15) is 5.26 Å². The predicted molar refractivity (Wildman–Crippen MR) is 131 cm³/mol. The van der Waals surface area contributed by atoms with Crippen LogP contribution in [0.5, 0.6) is 5.75 Å². The molecule has 1 fully saturated rings. The Bertz CT molecular complexity index is 1460. The molecule has 10 heteroatoms. The summed E-state index contributed by atoms with van der Waals surface area (Å²) in [4.78, 5) is 36.9. The summed E-state index contributed by atoms with van der Waals surface area (Å²) in [7, 11) is 0. The van der Waals surface area contributed by atoms with E-state index in [-0.39, 0.29) is 24.2 Å². The Morgan fingerprint density at radius 3 is 2.81 bits per heavy atom. The van der Waals surface area contributed by atoms with Gasteiger partial charge in [0.25, 0.3) is 5.91 Å². The van der Waals surface area contributed by atoms with E-state index in [1.54, 1.807) is 36.4 Å². The van der Waals surface area contributed by atoms with Crippen molar-refractivity contribution in [1.82, 2.24) is 5.16 Å². The van der Waals surface area contributed by atoms with Crippen LogP contribution >= 0.6 is 0 Å². The summed E-state index contributed by atoms with van der Waals surface area (Å²) in [5.74, 6) is -1.03. The standard InChI is InChI=1S/C27H22N4O6/c28-15-16-4-5-17(2-1-3-24(32)33)21(12-16)29-26(35)20-14-27(20)9-11-36-22-7-6-18(13-19(22)27)25(34)30-23-8-10-37-31-23/h1,3-8,10,12-13,20H,2,9,11,14H2,(H,29,35)(H,32,33)(H,30,31,34)/t20-,27-/m0/s1. The van der Waals surface area contributed by atoms with Crippen molar-refractivity contribution in [3.63, 3.8) is 0 Å². The lowest BCUT2D eigenvalue weighted by Gasteiger charge is -2.27. The van der Waals surface area contributed by atoms with E-state index < -0.39 is 11.4 Å². The van der Waals surface area contributed by atoms with Gasteiger partial charge in [0.05, 0.1) is 18.2 Å². The van der Waals surface area contributed by atoms with Gasteiger partial charge in [-0.05, 0) is 55.2 Å². The van der Waals surface area contributed by atoms with Crippen LogP contribution in [0.1, 0.15) is 39.9 Å². The van der Waals surface area contributed by atoms with Crippen LogP contribution in [0.15, 0.2) is 65.4 Å². The molecule has 37 heavy (non-hydrogen) atoms. The number of nitrogens with one attached hydrogen (secondary N) is 2. The van der Waals surface area contributed by atoms with Crippen molar-refractivity contribution in [2.45, 2.75) is 24.7 Å². The molecule has 0 saturated heterocycles. The van der Waals surface area contributed by atoms with Crippen LogP contribution in [0.25, 0.3) is 0 Å². The fourth-order valence-corrected chi connectivity index (χ4v) is 4.80. The number of carbonyl (C=O) groups is 3. The van der Waals surface area contributed by atoms with E-state index in [4.69, 9.17) is 14.4 Å². The van der Waals surface area contributed by atoms with E-state index in [0.717, 1.165) is 11.6 Å². The van der Waals surface area contributed by atoms with Gasteiger partial charge >= 0.3 is 5.97 Å². The third-order valence-electron chi connectivity index (χ3n) is 6.75. The van der Waals surface area contributed by atoms with Gasteiger partial charge < -0.3 is 25.0 Å². The molecule has 1 saturated carbocycles. The number of benzene rings is 2. The van der Waals surface area contributed by atoms with Crippen LogP contribution in [0.4, 0.5) is 11.5 Å². The molecule has 1 aromatic heterocycles. The number of hydrogen-bond donors (Lipinski definition) is 3. The maximum Gasteiger partial charge on any atom is 0.327 e.